The minimum Gasteiger partial charge on any atom is -0.341 e. The zero-order valence-electron chi connectivity index (χ0n) is 22.6. The Hall–Kier alpha value is -4.06. The molecule has 0 saturated carbocycles. The molecule has 1 aliphatic carbocycles. The topological polar surface area (TPSA) is 91.2 Å². The first-order valence-electron chi connectivity index (χ1n) is 13.1. The van der Waals surface area contributed by atoms with Crippen molar-refractivity contribution in [3.63, 3.8) is 0 Å². The van der Waals surface area contributed by atoms with Gasteiger partial charge in [0.15, 0.2) is 0 Å². The van der Waals surface area contributed by atoms with E-state index >= 15 is 0 Å². The Balaban J connectivity index is 1.55. The van der Waals surface area contributed by atoms with Crippen LogP contribution in [-0.2, 0) is 26.2 Å². The lowest BCUT2D eigenvalue weighted by atomic mass is 9.80. The van der Waals surface area contributed by atoms with Crippen molar-refractivity contribution in [2.45, 2.75) is 63.7 Å². The summed E-state index contributed by atoms with van der Waals surface area (Å²) < 4.78 is 13.2. The van der Waals surface area contributed by atoms with Crippen LogP contribution in [0.3, 0.4) is 0 Å². The Morgan fingerprint density at radius 3 is 2.46 bits per heavy atom. The number of hydrogen-bond acceptors (Lipinski definition) is 4. The van der Waals surface area contributed by atoms with E-state index in [4.69, 9.17) is 6.57 Å². The highest BCUT2D eigenvalue weighted by atomic mass is 19.1. The highest BCUT2D eigenvalue weighted by Gasteiger charge is 2.58. The van der Waals surface area contributed by atoms with E-state index in [0.29, 0.717) is 6.42 Å². The van der Waals surface area contributed by atoms with Crippen LogP contribution in [0, 0.1) is 18.3 Å². The smallest absolute Gasteiger partial charge is 0.302 e. The minimum atomic E-state index is -0.958. The van der Waals surface area contributed by atoms with Gasteiger partial charge in [0.05, 0.1) is 11.8 Å². The number of benzene rings is 2. The Kier molecular flexibility index (Phi) is 7.86. The average Bonchev–Trinajstić information content (AvgIpc) is 3.44. The average molecular weight is 533 g/mol. The van der Waals surface area contributed by atoms with Crippen molar-refractivity contribution in [3.05, 3.63) is 82.5 Å². The van der Waals surface area contributed by atoms with Crippen molar-refractivity contribution < 1.29 is 23.6 Å². The number of nitrogens with one attached hydrogen (secondary N) is 1. The van der Waals surface area contributed by atoms with Gasteiger partial charge in [-0.05, 0) is 54.7 Å². The van der Waals surface area contributed by atoms with Gasteiger partial charge in [0, 0.05) is 25.6 Å². The van der Waals surface area contributed by atoms with E-state index in [1.807, 2.05) is 38.1 Å². The second-order valence-corrected chi connectivity index (χ2v) is 10.9. The predicted octanol–water partition coefficient (Wildman–Crippen LogP) is 3.36. The largest absolute Gasteiger partial charge is 0.341 e. The van der Waals surface area contributed by atoms with Crippen LogP contribution in [0.15, 0.2) is 48.5 Å². The van der Waals surface area contributed by atoms with E-state index in [1.54, 1.807) is 0 Å². The van der Waals surface area contributed by atoms with Crippen molar-refractivity contribution in [2.75, 3.05) is 13.6 Å². The summed E-state index contributed by atoms with van der Waals surface area (Å²) >= 11 is 0. The van der Waals surface area contributed by atoms with Crippen LogP contribution >= 0.6 is 0 Å². The molecule has 0 radical (unpaired) electrons. The molecule has 1 N–H and O–H groups in total. The van der Waals surface area contributed by atoms with Gasteiger partial charge in [-0.1, -0.05) is 38.1 Å². The van der Waals surface area contributed by atoms with Gasteiger partial charge in [0.1, 0.15) is 23.7 Å². The van der Waals surface area contributed by atoms with Crippen LogP contribution in [-0.4, -0.2) is 65.1 Å². The lowest BCUT2D eigenvalue weighted by Gasteiger charge is -2.33. The number of amides is 3. The minimum absolute atomic E-state index is 0.00891. The number of hydrogen-bond donors (Lipinski definition) is 1. The number of carbonyl (C=O) groups excluding carboxylic acids is 4. The summed E-state index contributed by atoms with van der Waals surface area (Å²) in [6.07, 6.45) is 0.0377. The van der Waals surface area contributed by atoms with Crippen molar-refractivity contribution in [3.8, 4) is 0 Å². The molecule has 0 bridgehead atoms. The van der Waals surface area contributed by atoms with Crippen molar-refractivity contribution >= 4 is 23.5 Å². The maximum absolute atomic E-state index is 14.0. The lowest BCUT2D eigenvalue weighted by molar-refractivity contribution is -0.146. The third kappa shape index (κ3) is 5.29. The normalized spacial score (nSPS) is 21.4. The second-order valence-electron chi connectivity index (χ2n) is 10.9. The van der Waals surface area contributed by atoms with Crippen molar-refractivity contribution in [1.82, 2.24) is 15.1 Å². The molecule has 2 aromatic carbocycles. The Labute approximate surface area is 228 Å². The molecular formula is C30H33FN4O4. The monoisotopic (exact) mass is 532 g/mol. The van der Waals surface area contributed by atoms with E-state index in [0.717, 1.165) is 23.3 Å². The maximum atomic E-state index is 14.0. The summed E-state index contributed by atoms with van der Waals surface area (Å²) in [5.74, 6) is -1.81. The van der Waals surface area contributed by atoms with Gasteiger partial charge < -0.3 is 10.2 Å². The highest BCUT2D eigenvalue weighted by Crippen LogP contribution is 2.46. The number of likely N-dealkylation sites (tertiary alicyclic amines) is 1. The molecule has 2 aromatic rings. The molecule has 4 rings (SSSR count). The fraction of sp³-hybridized carbons (Fsp3) is 0.433. The van der Waals surface area contributed by atoms with Gasteiger partial charge in [-0.3, -0.25) is 28.9 Å². The molecule has 9 heteroatoms. The number of nitrogens with zero attached hydrogens (tertiary/aromatic N) is 3. The summed E-state index contributed by atoms with van der Waals surface area (Å²) in [5.41, 5.74) is 1.10. The molecule has 3 amide bonds. The molecule has 1 aliphatic heterocycles. The van der Waals surface area contributed by atoms with Crippen LogP contribution in [0.2, 0.25) is 0 Å². The van der Waals surface area contributed by atoms with Gasteiger partial charge in [-0.2, -0.15) is 0 Å². The summed E-state index contributed by atoms with van der Waals surface area (Å²) in [4.78, 5) is 59.7. The number of fused-ring (bicyclic) bond motifs is 2. The fourth-order valence-corrected chi connectivity index (χ4v) is 5.72. The Morgan fingerprint density at radius 2 is 1.82 bits per heavy atom. The zero-order chi connectivity index (χ0) is 28.5. The lowest BCUT2D eigenvalue weighted by Crippen LogP contribution is -2.55. The van der Waals surface area contributed by atoms with E-state index in [2.05, 4.69) is 10.2 Å². The first-order valence-corrected chi connectivity index (χ1v) is 13.1. The van der Waals surface area contributed by atoms with Crippen molar-refractivity contribution in [2.24, 2.45) is 5.92 Å². The number of likely N-dealkylation sites (N-methyl/N-ethyl adjacent to an activating group) is 1. The first-order chi connectivity index (χ1) is 18.5. The summed E-state index contributed by atoms with van der Waals surface area (Å²) in [7, 11) is 1.52. The Bertz CT molecular complexity index is 1340. The van der Waals surface area contributed by atoms with Crippen LogP contribution < -0.4 is 5.32 Å². The highest BCUT2D eigenvalue weighted by molar-refractivity contribution is 6.00. The van der Waals surface area contributed by atoms with Gasteiger partial charge in [0.2, 0.25) is 5.91 Å². The standard InChI is InChI=1S/C30H33FN4O4/c1-18(2)14-24(34(5)28(38)19(3)33-27(37)20-10-12-22(31)13-11-20)29(39)35-17-30(16-26(35)32-4)23-9-7-6-8-21(23)15-25(30)36/h6-13,18-19,24,26H,14-17H2,1-3,5H3,(H,33,37)/t19-,24-,26-,30-/m0/s1. The molecule has 1 heterocycles. The van der Waals surface area contributed by atoms with E-state index in [-0.39, 0.29) is 42.6 Å². The summed E-state index contributed by atoms with van der Waals surface area (Å²) in [5, 5.41) is 2.62. The molecule has 8 nitrogen and oxygen atoms in total. The Morgan fingerprint density at radius 1 is 1.15 bits per heavy atom. The van der Waals surface area contributed by atoms with Crippen LogP contribution in [0.5, 0.6) is 0 Å². The molecular weight excluding hydrogens is 499 g/mol. The number of halogens is 1. The second kappa shape index (κ2) is 11.0. The van der Waals surface area contributed by atoms with Gasteiger partial charge in [-0.25, -0.2) is 11.0 Å². The quantitative estimate of drug-likeness (QED) is 0.554. The predicted molar refractivity (Wildman–Crippen MR) is 143 cm³/mol. The third-order valence-corrected chi connectivity index (χ3v) is 7.80. The van der Waals surface area contributed by atoms with Crippen molar-refractivity contribution in [1.29, 1.82) is 0 Å². The SMILES string of the molecule is [C-]#[N+][C@@H]1C[C@@]2(CN1C(=O)[C@H](CC(C)C)N(C)C(=O)[C@H](C)NC(=O)c1ccc(F)cc1)C(=O)Cc1ccccc12. The summed E-state index contributed by atoms with van der Waals surface area (Å²) in [6.45, 7) is 13.3. The molecule has 204 valence electrons. The van der Waals surface area contributed by atoms with E-state index < -0.39 is 41.3 Å². The molecule has 1 fully saturated rings. The van der Waals surface area contributed by atoms with Crippen LogP contribution in [0.25, 0.3) is 4.85 Å². The molecule has 2 aliphatic rings. The van der Waals surface area contributed by atoms with E-state index in [1.165, 1.54) is 35.9 Å². The van der Waals surface area contributed by atoms with E-state index in [9.17, 15) is 23.6 Å². The van der Waals surface area contributed by atoms with Crippen LogP contribution in [0.1, 0.15) is 55.1 Å². The molecule has 1 saturated heterocycles. The van der Waals surface area contributed by atoms with Gasteiger partial charge >= 0.3 is 6.17 Å². The maximum Gasteiger partial charge on any atom is 0.302 e. The molecule has 1 spiro atoms. The molecule has 0 aromatic heterocycles. The zero-order valence-corrected chi connectivity index (χ0v) is 22.6. The molecule has 39 heavy (non-hydrogen) atoms. The number of rotatable bonds is 7. The number of Topliss-reactive ketones (excluding diaryl/α,β-unsaturated/α-hetero) is 1. The third-order valence-electron chi connectivity index (χ3n) is 7.80. The van der Waals surface area contributed by atoms with Gasteiger partial charge in [-0.15, -0.1) is 0 Å². The number of ketones is 1. The van der Waals surface area contributed by atoms with Gasteiger partial charge in [0.25, 0.3) is 11.8 Å². The fourth-order valence-electron chi connectivity index (χ4n) is 5.72. The molecule has 0 unspecified atom stereocenters. The summed E-state index contributed by atoms with van der Waals surface area (Å²) in [6, 6.07) is 10.7. The molecule has 4 atom stereocenters. The van der Waals surface area contributed by atoms with Crippen LogP contribution in [0.4, 0.5) is 4.39 Å². The first kappa shape index (κ1) is 28.0. The number of carbonyl (C=O) groups is 4.